The van der Waals surface area contributed by atoms with Crippen LogP contribution in [-0.4, -0.2) is 37.0 Å². The number of ether oxygens (including phenoxy) is 1. The van der Waals surface area contributed by atoms with Gasteiger partial charge in [-0.2, -0.15) is 0 Å². The molecule has 0 saturated carbocycles. The first-order valence-corrected chi connectivity index (χ1v) is 9.87. The molecule has 2 aromatic carbocycles. The maximum atomic E-state index is 12.9. The van der Waals surface area contributed by atoms with Crippen LogP contribution in [0.3, 0.4) is 0 Å². The maximum Gasteiger partial charge on any atom is 0.191 e. The van der Waals surface area contributed by atoms with Crippen LogP contribution in [0.15, 0.2) is 52.4 Å². The number of nitrogens with zero attached hydrogens (tertiary/aromatic N) is 1. The largest absolute Gasteiger partial charge is 0.504 e. The minimum atomic E-state index is -0.210. The zero-order valence-corrected chi connectivity index (χ0v) is 19.2. The van der Waals surface area contributed by atoms with Crippen molar-refractivity contribution >= 4 is 41.7 Å². The van der Waals surface area contributed by atoms with E-state index in [2.05, 4.69) is 15.6 Å². The van der Waals surface area contributed by atoms with E-state index in [-0.39, 0.29) is 35.5 Å². The van der Waals surface area contributed by atoms with Gasteiger partial charge < -0.3 is 20.5 Å². The number of phenolic OH excluding ortho intramolecular Hbond substituents is 1. The van der Waals surface area contributed by atoms with Gasteiger partial charge in [0.15, 0.2) is 17.5 Å². The predicted molar refractivity (Wildman–Crippen MR) is 125 cm³/mol. The van der Waals surface area contributed by atoms with Crippen molar-refractivity contribution in [3.8, 4) is 11.5 Å². The third-order valence-electron chi connectivity index (χ3n) is 3.70. The summed E-state index contributed by atoms with van der Waals surface area (Å²) in [4.78, 5) is 5.61. The second-order valence-corrected chi connectivity index (χ2v) is 6.95. The Morgan fingerprint density at radius 3 is 2.57 bits per heavy atom. The van der Waals surface area contributed by atoms with E-state index in [4.69, 9.17) is 4.74 Å². The molecule has 0 unspecified atom stereocenters. The standard InChI is InChI=1S/C20H26FN3O2S.HI/c1-3-22-20(24-14-15-5-10-19(26-2)18(25)13-15)23-11-4-12-27-17-8-6-16(21)7-9-17;/h5-10,13,25H,3-4,11-12,14H2,1-2H3,(H2,22,23,24);1H. The number of rotatable bonds is 9. The second kappa shape index (κ2) is 13.5. The Hall–Kier alpha value is -1.68. The summed E-state index contributed by atoms with van der Waals surface area (Å²) in [5, 5.41) is 16.4. The van der Waals surface area contributed by atoms with Gasteiger partial charge in [0.25, 0.3) is 0 Å². The van der Waals surface area contributed by atoms with Gasteiger partial charge in [0, 0.05) is 18.0 Å². The Balaban J connectivity index is 0.00000392. The minimum Gasteiger partial charge on any atom is -0.504 e. The highest BCUT2D eigenvalue weighted by Crippen LogP contribution is 2.26. The first kappa shape index (κ1) is 24.4. The maximum absolute atomic E-state index is 12.9. The van der Waals surface area contributed by atoms with E-state index in [0.717, 1.165) is 41.7 Å². The van der Waals surface area contributed by atoms with Gasteiger partial charge in [-0.05, 0) is 61.1 Å². The van der Waals surface area contributed by atoms with Crippen molar-refractivity contribution in [1.29, 1.82) is 0 Å². The van der Waals surface area contributed by atoms with Crippen LogP contribution in [-0.2, 0) is 6.54 Å². The zero-order valence-electron chi connectivity index (χ0n) is 16.1. The lowest BCUT2D eigenvalue weighted by molar-refractivity contribution is 0.373. The number of aliphatic imine (C=N–C) groups is 1. The molecule has 0 aliphatic rings. The summed E-state index contributed by atoms with van der Waals surface area (Å²) in [7, 11) is 1.52. The number of aromatic hydroxyl groups is 1. The number of halogens is 2. The highest BCUT2D eigenvalue weighted by molar-refractivity contribution is 14.0. The van der Waals surface area contributed by atoms with Gasteiger partial charge in [-0.25, -0.2) is 9.38 Å². The molecule has 5 nitrogen and oxygen atoms in total. The van der Waals surface area contributed by atoms with E-state index in [1.807, 2.05) is 13.0 Å². The number of thioether (sulfide) groups is 1. The van der Waals surface area contributed by atoms with E-state index in [0.29, 0.717) is 12.3 Å². The molecule has 154 valence electrons. The number of phenols is 1. The van der Waals surface area contributed by atoms with Crippen molar-refractivity contribution < 1.29 is 14.2 Å². The van der Waals surface area contributed by atoms with E-state index < -0.39 is 0 Å². The lowest BCUT2D eigenvalue weighted by Crippen LogP contribution is -2.37. The smallest absolute Gasteiger partial charge is 0.191 e. The van der Waals surface area contributed by atoms with Crippen molar-refractivity contribution in [2.45, 2.75) is 24.8 Å². The number of benzene rings is 2. The third kappa shape index (κ3) is 8.55. The molecule has 0 saturated heterocycles. The average Bonchev–Trinajstić information content (AvgIpc) is 2.67. The monoisotopic (exact) mass is 519 g/mol. The predicted octanol–water partition coefficient (Wildman–Crippen LogP) is 4.40. The van der Waals surface area contributed by atoms with E-state index in [1.165, 1.54) is 19.2 Å². The molecule has 3 N–H and O–H groups in total. The van der Waals surface area contributed by atoms with Crippen molar-refractivity contribution in [2.75, 3.05) is 26.0 Å². The van der Waals surface area contributed by atoms with E-state index in [1.54, 1.807) is 36.0 Å². The molecule has 2 rings (SSSR count). The molecule has 0 aliphatic heterocycles. The summed E-state index contributed by atoms with van der Waals surface area (Å²) in [6.07, 6.45) is 0.954. The number of guanidine groups is 1. The topological polar surface area (TPSA) is 65.9 Å². The summed E-state index contributed by atoms with van der Waals surface area (Å²) < 4.78 is 17.9. The van der Waals surface area contributed by atoms with Crippen molar-refractivity contribution in [3.63, 3.8) is 0 Å². The van der Waals surface area contributed by atoms with Gasteiger partial charge in [-0.3, -0.25) is 0 Å². The Labute approximate surface area is 187 Å². The summed E-state index contributed by atoms with van der Waals surface area (Å²) in [5.41, 5.74) is 0.900. The van der Waals surface area contributed by atoms with Gasteiger partial charge >= 0.3 is 0 Å². The molecule has 0 aliphatic carbocycles. The summed E-state index contributed by atoms with van der Waals surface area (Å²) in [6.45, 7) is 4.02. The lowest BCUT2D eigenvalue weighted by atomic mass is 10.2. The second-order valence-electron chi connectivity index (χ2n) is 5.78. The average molecular weight is 519 g/mol. The minimum absolute atomic E-state index is 0. The molecule has 28 heavy (non-hydrogen) atoms. The molecular weight excluding hydrogens is 492 g/mol. The fourth-order valence-corrected chi connectivity index (χ4v) is 3.20. The number of nitrogens with one attached hydrogen (secondary N) is 2. The molecule has 8 heteroatoms. The Kier molecular flexibility index (Phi) is 11.7. The van der Waals surface area contributed by atoms with Crippen LogP contribution >= 0.6 is 35.7 Å². The Morgan fingerprint density at radius 1 is 1.18 bits per heavy atom. The quantitative estimate of drug-likeness (QED) is 0.151. The van der Waals surface area contributed by atoms with E-state index >= 15 is 0 Å². The molecule has 2 aromatic rings. The molecule has 0 atom stereocenters. The van der Waals surface area contributed by atoms with Gasteiger partial charge in [-0.15, -0.1) is 35.7 Å². The Morgan fingerprint density at radius 2 is 1.93 bits per heavy atom. The third-order valence-corrected chi connectivity index (χ3v) is 4.80. The molecule has 0 radical (unpaired) electrons. The molecule has 0 heterocycles. The normalized spacial score (nSPS) is 10.9. The van der Waals surface area contributed by atoms with Gasteiger partial charge in [0.2, 0.25) is 0 Å². The van der Waals surface area contributed by atoms with Crippen molar-refractivity contribution in [3.05, 3.63) is 53.8 Å². The van der Waals surface area contributed by atoms with Crippen LogP contribution < -0.4 is 15.4 Å². The van der Waals surface area contributed by atoms with Crippen LogP contribution in [0.1, 0.15) is 18.9 Å². The number of methoxy groups -OCH3 is 1. The van der Waals surface area contributed by atoms with Gasteiger partial charge in [0.05, 0.1) is 13.7 Å². The van der Waals surface area contributed by atoms with Crippen molar-refractivity contribution in [1.82, 2.24) is 10.6 Å². The zero-order chi connectivity index (χ0) is 19.5. The van der Waals surface area contributed by atoms with Gasteiger partial charge in [0.1, 0.15) is 5.82 Å². The number of hydrogen-bond donors (Lipinski definition) is 3. The highest BCUT2D eigenvalue weighted by atomic mass is 127. The fraction of sp³-hybridized carbons (Fsp3) is 0.350. The van der Waals surface area contributed by atoms with Crippen LogP contribution in [0.5, 0.6) is 11.5 Å². The van der Waals surface area contributed by atoms with E-state index in [9.17, 15) is 9.50 Å². The van der Waals surface area contributed by atoms with Gasteiger partial charge in [-0.1, -0.05) is 6.07 Å². The molecular formula is C20H27FIN3O2S. The summed E-state index contributed by atoms with van der Waals surface area (Å²) in [6, 6.07) is 11.8. The molecule has 0 fully saturated rings. The van der Waals surface area contributed by atoms with Crippen molar-refractivity contribution in [2.24, 2.45) is 4.99 Å². The fourth-order valence-electron chi connectivity index (χ4n) is 2.35. The van der Waals surface area contributed by atoms with Crippen LogP contribution in [0.25, 0.3) is 0 Å². The van der Waals surface area contributed by atoms with Crippen LogP contribution in [0.4, 0.5) is 4.39 Å². The summed E-state index contributed by atoms with van der Waals surface area (Å²) in [5.74, 6) is 2.02. The Bertz CT molecular complexity index is 745. The lowest BCUT2D eigenvalue weighted by Gasteiger charge is -2.11. The van der Waals surface area contributed by atoms with Crippen LogP contribution in [0, 0.1) is 5.82 Å². The molecule has 0 bridgehead atoms. The summed E-state index contributed by atoms with van der Waals surface area (Å²) >= 11 is 1.70. The molecule has 0 spiro atoms. The first-order valence-electron chi connectivity index (χ1n) is 8.88. The SMILES string of the molecule is CCNC(=NCc1ccc(OC)c(O)c1)NCCCSc1ccc(F)cc1.I. The van der Waals surface area contributed by atoms with Crippen LogP contribution in [0.2, 0.25) is 0 Å². The molecule has 0 amide bonds. The first-order chi connectivity index (χ1) is 13.1. The molecule has 0 aromatic heterocycles. The highest BCUT2D eigenvalue weighted by Gasteiger charge is 2.03. The number of hydrogen-bond acceptors (Lipinski definition) is 4.